The van der Waals surface area contributed by atoms with Gasteiger partial charge in [0.2, 0.25) is 0 Å². The minimum absolute atomic E-state index is 0.121. The highest BCUT2D eigenvalue weighted by atomic mass is 35.5. The predicted molar refractivity (Wildman–Crippen MR) is 158 cm³/mol. The first kappa shape index (κ1) is 30.1. The van der Waals surface area contributed by atoms with Crippen molar-refractivity contribution in [3.05, 3.63) is 67.6 Å². The van der Waals surface area contributed by atoms with E-state index < -0.39 is 29.3 Å². The van der Waals surface area contributed by atoms with Crippen LogP contribution in [-0.2, 0) is 6.54 Å². The van der Waals surface area contributed by atoms with Crippen molar-refractivity contribution in [3.8, 4) is 5.75 Å². The maximum Gasteiger partial charge on any atom is 0.405 e. The molecule has 5 rings (SSSR count). The molecule has 9 nitrogen and oxygen atoms in total. The number of para-hydroxylation sites is 1. The molecule has 0 spiro atoms. The lowest BCUT2D eigenvalue weighted by Crippen LogP contribution is -2.61. The Morgan fingerprint density at radius 1 is 1.05 bits per heavy atom. The maximum absolute atomic E-state index is 12.6. The SMILES string of the molecule is C[C@@H]1CN(c2ncc(Nc3c(NCC(F)(F)F)c(=O)c3=O)cc2Cl)[C@@H](C)CN1C1CCN(Cc2ccccc2O)CC1. The zero-order valence-electron chi connectivity index (χ0n) is 23.4. The number of alkyl halides is 3. The van der Waals surface area contributed by atoms with E-state index in [1.54, 1.807) is 12.1 Å². The Labute approximate surface area is 246 Å². The molecular weight excluding hydrogens is 573 g/mol. The summed E-state index contributed by atoms with van der Waals surface area (Å²) in [5.41, 5.74) is -1.31. The van der Waals surface area contributed by atoms with Crippen molar-refractivity contribution in [1.82, 2.24) is 14.8 Å². The molecule has 0 aliphatic carbocycles. The van der Waals surface area contributed by atoms with Gasteiger partial charge in [0.1, 0.15) is 29.5 Å². The smallest absolute Gasteiger partial charge is 0.405 e. The molecule has 2 fully saturated rings. The zero-order valence-corrected chi connectivity index (χ0v) is 24.2. The lowest BCUT2D eigenvalue weighted by Gasteiger charge is -2.49. The van der Waals surface area contributed by atoms with Crippen LogP contribution in [0.15, 0.2) is 46.1 Å². The number of anilines is 4. The minimum Gasteiger partial charge on any atom is -0.508 e. The number of benzene rings is 1. The van der Waals surface area contributed by atoms with Gasteiger partial charge in [-0.25, -0.2) is 4.98 Å². The number of nitrogens with zero attached hydrogens (tertiary/aromatic N) is 4. The number of halogens is 4. The van der Waals surface area contributed by atoms with E-state index in [1.165, 1.54) is 6.20 Å². The highest BCUT2D eigenvalue weighted by molar-refractivity contribution is 6.33. The van der Waals surface area contributed by atoms with Crippen LogP contribution in [0.3, 0.4) is 0 Å². The number of likely N-dealkylation sites (tertiary alicyclic amines) is 1. The van der Waals surface area contributed by atoms with Gasteiger partial charge >= 0.3 is 6.18 Å². The van der Waals surface area contributed by atoms with Crippen LogP contribution in [0.4, 0.5) is 36.1 Å². The van der Waals surface area contributed by atoms with Crippen LogP contribution in [0, 0.1) is 0 Å². The number of phenolic OH excluding ortho intramolecular Hbond substituents is 1. The van der Waals surface area contributed by atoms with E-state index in [1.807, 2.05) is 23.5 Å². The summed E-state index contributed by atoms with van der Waals surface area (Å²) in [6.45, 7) is 7.09. The Bertz CT molecular complexity index is 1490. The molecule has 13 heteroatoms. The number of hydrogen-bond donors (Lipinski definition) is 3. The third-order valence-corrected chi connectivity index (χ3v) is 8.46. The number of hydrogen-bond acceptors (Lipinski definition) is 9. The van der Waals surface area contributed by atoms with Gasteiger partial charge in [0.15, 0.2) is 0 Å². The number of nitrogens with one attached hydrogen (secondary N) is 2. The van der Waals surface area contributed by atoms with Gasteiger partial charge in [0, 0.05) is 43.3 Å². The van der Waals surface area contributed by atoms with E-state index in [0.29, 0.717) is 34.9 Å². The summed E-state index contributed by atoms with van der Waals surface area (Å²) in [7, 11) is 0. The van der Waals surface area contributed by atoms with Crippen molar-refractivity contribution in [2.45, 2.75) is 57.5 Å². The standard InChI is InChI=1S/C29H34ClF3N6O3/c1-17-14-39(18(2)13-38(17)21-7-9-37(10-8-21)15-19-5-3-4-6-23(19)40)28-22(30)11-20(12-34-28)36-25-24(26(41)27(25)42)35-16-29(31,32)33/h3-6,11-12,17-18,21,35-36,40H,7-10,13-16H2,1-2H3/t17-,18+/m1/s1. The summed E-state index contributed by atoms with van der Waals surface area (Å²) in [6, 6.07) is 9.84. The molecule has 0 saturated carbocycles. The molecule has 0 unspecified atom stereocenters. The fourth-order valence-electron chi connectivity index (χ4n) is 5.97. The van der Waals surface area contributed by atoms with E-state index in [2.05, 4.69) is 38.8 Å². The molecular formula is C29H34ClF3N6O3. The van der Waals surface area contributed by atoms with Crippen molar-refractivity contribution >= 4 is 34.5 Å². The molecule has 226 valence electrons. The van der Waals surface area contributed by atoms with Gasteiger partial charge in [0.05, 0.1) is 16.9 Å². The largest absolute Gasteiger partial charge is 0.508 e. The van der Waals surface area contributed by atoms with Crippen LogP contribution in [0.2, 0.25) is 5.02 Å². The van der Waals surface area contributed by atoms with Crippen molar-refractivity contribution in [3.63, 3.8) is 0 Å². The van der Waals surface area contributed by atoms with Gasteiger partial charge < -0.3 is 20.6 Å². The Morgan fingerprint density at radius 2 is 1.74 bits per heavy atom. The van der Waals surface area contributed by atoms with Crippen molar-refractivity contribution in [2.75, 3.05) is 48.3 Å². The lowest BCUT2D eigenvalue weighted by atomic mass is 9.97. The van der Waals surface area contributed by atoms with E-state index in [9.17, 15) is 27.9 Å². The fourth-order valence-corrected chi connectivity index (χ4v) is 6.25. The van der Waals surface area contributed by atoms with Crippen LogP contribution in [0.25, 0.3) is 0 Å². The van der Waals surface area contributed by atoms with Gasteiger partial charge in [-0.2, -0.15) is 13.2 Å². The average Bonchev–Trinajstić information content (AvgIpc) is 2.95. The van der Waals surface area contributed by atoms with E-state index in [0.717, 1.165) is 44.6 Å². The number of aromatic hydroxyl groups is 1. The third kappa shape index (κ3) is 6.50. The van der Waals surface area contributed by atoms with Gasteiger partial charge in [-0.15, -0.1) is 0 Å². The first-order valence-electron chi connectivity index (χ1n) is 14.0. The second-order valence-electron chi connectivity index (χ2n) is 11.2. The first-order valence-corrected chi connectivity index (χ1v) is 14.4. The summed E-state index contributed by atoms with van der Waals surface area (Å²) in [6.07, 6.45) is -0.997. The summed E-state index contributed by atoms with van der Waals surface area (Å²) in [4.78, 5) is 35.4. The molecule has 3 aromatic rings. The predicted octanol–water partition coefficient (Wildman–Crippen LogP) is 4.32. The van der Waals surface area contributed by atoms with Gasteiger partial charge in [-0.1, -0.05) is 29.8 Å². The molecule has 42 heavy (non-hydrogen) atoms. The van der Waals surface area contributed by atoms with Gasteiger partial charge in [-0.05, 0) is 51.9 Å². The molecule has 2 aromatic carbocycles. The van der Waals surface area contributed by atoms with Gasteiger partial charge in [-0.3, -0.25) is 19.4 Å². The molecule has 3 N–H and O–H groups in total. The van der Waals surface area contributed by atoms with Crippen LogP contribution < -0.4 is 26.4 Å². The van der Waals surface area contributed by atoms with Crippen LogP contribution in [-0.4, -0.2) is 76.9 Å². The summed E-state index contributed by atoms with van der Waals surface area (Å²) in [5.74, 6) is 0.916. The number of pyridine rings is 1. The lowest BCUT2D eigenvalue weighted by molar-refractivity contribution is -0.115. The molecule has 2 atom stereocenters. The summed E-state index contributed by atoms with van der Waals surface area (Å²) < 4.78 is 37.7. The summed E-state index contributed by atoms with van der Waals surface area (Å²) >= 11 is 6.61. The number of piperidine rings is 1. The summed E-state index contributed by atoms with van der Waals surface area (Å²) in [5, 5.41) is 15.1. The fraction of sp³-hybridized carbons (Fsp3) is 0.483. The van der Waals surface area contributed by atoms with Crippen LogP contribution in [0.5, 0.6) is 5.75 Å². The molecule has 0 radical (unpaired) electrons. The van der Waals surface area contributed by atoms with E-state index >= 15 is 0 Å². The van der Waals surface area contributed by atoms with E-state index in [4.69, 9.17) is 11.6 Å². The minimum atomic E-state index is -4.54. The highest BCUT2D eigenvalue weighted by Crippen LogP contribution is 2.33. The van der Waals surface area contributed by atoms with Crippen LogP contribution >= 0.6 is 11.6 Å². The van der Waals surface area contributed by atoms with Crippen molar-refractivity contribution in [1.29, 1.82) is 0 Å². The quantitative estimate of drug-likeness (QED) is 0.324. The zero-order chi connectivity index (χ0) is 30.2. The average molecular weight is 607 g/mol. The molecule has 3 heterocycles. The molecule has 0 amide bonds. The van der Waals surface area contributed by atoms with Crippen LogP contribution in [0.1, 0.15) is 32.3 Å². The van der Waals surface area contributed by atoms with Gasteiger partial charge in [0.25, 0.3) is 10.9 Å². The topological polar surface area (TPSA) is 101 Å². The number of phenols is 1. The van der Waals surface area contributed by atoms with Crippen molar-refractivity contribution in [2.24, 2.45) is 0 Å². The number of rotatable bonds is 8. The molecule has 2 saturated heterocycles. The Balaban J connectivity index is 1.19. The van der Waals surface area contributed by atoms with Crippen molar-refractivity contribution < 1.29 is 18.3 Å². The molecule has 2 aliphatic rings. The second kappa shape index (κ2) is 12.1. The second-order valence-corrected chi connectivity index (χ2v) is 11.6. The first-order chi connectivity index (χ1) is 19.9. The number of aromatic nitrogens is 1. The maximum atomic E-state index is 12.6. The Kier molecular flexibility index (Phi) is 8.68. The van der Waals surface area contributed by atoms with E-state index in [-0.39, 0.29) is 17.8 Å². The number of piperazine rings is 1. The Hall–Kier alpha value is -3.35. The molecule has 1 aromatic heterocycles. The Morgan fingerprint density at radius 3 is 2.40 bits per heavy atom. The molecule has 2 aliphatic heterocycles. The normalized spacial score (nSPS) is 21.1. The third-order valence-electron chi connectivity index (χ3n) is 8.18. The molecule has 0 bridgehead atoms. The highest BCUT2D eigenvalue weighted by Gasteiger charge is 2.36. The monoisotopic (exact) mass is 606 g/mol.